The summed E-state index contributed by atoms with van der Waals surface area (Å²) in [5.74, 6) is -0.142. The number of nitrogens with one attached hydrogen (secondary N) is 1. The number of carbonyl (C=O) groups is 1. The van der Waals surface area contributed by atoms with E-state index in [1.54, 1.807) is 0 Å². The molecule has 0 aliphatic carbocycles. The molecule has 0 radical (unpaired) electrons. The van der Waals surface area contributed by atoms with Crippen molar-refractivity contribution in [2.45, 2.75) is 326 Å². The van der Waals surface area contributed by atoms with Gasteiger partial charge in [0.25, 0.3) is 0 Å². The third-order valence-corrected chi connectivity index (χ3v) is 13.7. The first-order valence-corrected chi connectivity index (χ1v) is 27.7. The van der Waals surface area contributed by atoms with Crippen LogP contribution in [0.1, 0.15) is 284 Å². The van der Waals surface area contributed by atoms with Gasteiger partial charge in [-0.2, -0.15) is 0 Å². The van der Waals surface area contributed by atoms with E-state index in [2.05, 4.69) is 19.2 Å². The van der Waals surface area contributed by atoms with Crippen molar-refractivity contribution in [3.8, 4) is 0 Å². The average Bonchev–Trinajstić information content (AvgIpc) is 3.28. The van der Waals surface area contributed by atoms with Crippen LogP contribution in [0.15, 0.2) is 0 Å². The minimum atomic E-state index is -1.55. The molecule has 376 valence electrons. The lowest BCUT2D eigenvalue weighted by molar-refractivity contribution is -0.302. The fraction of sp³-hybridized carbons (Fsp3) is 0.981. The zero-order chi connectivity index (χ0) is 45.9. The van der Waals surface area contributed by atoms with Crippen molar-refractivity contribution in [2.75, 3.05) is 13.2 Å². The summed E-state index contributed by atoms with van der Waals surface area (Å²) in [4.78, 5) is 12.9. The average molecular weight is 898 g/mol. The molecule has 1 amide bonds. The molecule has 0 saturated carbocycles. The van der Waals surface area contributed by atoms with E-state index in [0.29, 0.717) is 12.8 Å². The Morgan fingerprint density at radius 1 is 0.476 bits per heavy atom. The summed E-state index contributed by atoms with van der Waals surface area (Å²) in [7, 11) is 0. The molecule has 0 aromatic heterocycles. The van der Waals surface area contributed by atoms with Gasteiger partial charge in [0.1, 0.15) is 24.4 Å². The molecule has 1 aliphatic heterocycles. The first kappa shape index (κ1) is 60.2. The summed E-state index contributed by atoms with van der Waals surface area (Å²) in [6.07, 6.45) is 45.8. The van der Waals surface area contributed by atoms with Gasteiger partial charge in [0.15, 0.2) is 6.29 Å². The zero-order valence-electron chi connectivity index (χ0n) is 41.6. The van der Waals surface area contributed by atoms with Crippen LogP contribution in [-0.2, 0) is 14.3 Å². The van der Waals surface area contributed by atoms with Crippen LogP contribution in [0.2, 0.25) is 0 Å². The molecular formula is C54H107NO8. The number of aliphatic hydroxyl groups is 5. The van der Waals surface area contributed by atoms with Crippen LogP contribution in [0.25, 0.3) is 0 Å². The maximum Gasteiger partial charge on any atom is 0.220 e. The molecule has 63 heavy (non-hydrogen) atoms. The van der Waals surface area contributed by atoms with E-state index in [1.807, 2.05) is 0 Å². The molecule has 6 N–H and O–H groups in total. The minimum Gasteiger partial charge on any atom is -0.394 e. The second-order valence-corrected chi connectivity index (χ2v) is 19.7. The molecule has 1 fully saturated rings. The van der Waals surface area contributed by atoms with Crippen molar-refractivity contribution in [1.82, 2.24) is 5.32 Å². The molecule has 9 heteroatoms. The Bertz CT molecular complexity index is 955. The summed E-state index contributed by atoms with van der Waals surface area (Å²) in [5, 5.41) is 54.4. The van der Waals surface area contributed by atoms with Gasteiger partial charge in [-0.3, -0.25) is 4.79 Å². The van der Waals surface area contributed by atoms with Crippen LogP contribution in [0.5, 0.6) is 0 Å². The number of hydrogen-bond donors (Lipinski definition) is 6. The molecule has 9 nitrogen and oxygen atoms in total. The maximum absolute atomic E-state index is 12.9. The fourth-order valence-corrected chi connectivity index (χ4v) is 9.28. The first-order valence-electron chi connectivity index (χ1n) is 27.7. The lowest BCUT2D eigenvalue weighted by atomic mass is 9.99. The molecule has 7 atom stereocenters. The normalized spacial score (nSPS) is 20.0. The number of ether oxygens (including phenoxy) is 2. The van der Waals surface area contributed by atoms with Crippen molar-refractivity contribution in [3.63, 3.8) is 0 Å². The van der Waals surface area contributed by atoms with Gasteiger partial charge in [-0.25, -0.2) is 0 Å². The van der Waals surface area contributed by atoms with Crippen LogP contribution in [-0.4, -0.2) is 87.5 Å². The number of hydrogen-bond acceptors (Lipinski definition) is 8. The van der Waals surface area contributed by atoms with E-state index in [4.69, 9.17) is 9.47 Å². The van der Waals surface area contributed by atoms with Crippen molar-refractivity contribution in [1.29, 1.82) is 0 Å². The van der Waals surface area contributed by atoms with Gasteiger partial charge in [-0.15, -0.1) is 0 Å². The first-order chi connectivity index (χ1) is 30.8. The minimum absolute atomic E-state index is 0.132. The van der Waals surface area contributed by atoms with Gasteiger partial charge in [-0.1, -0.05) is 264 Å². The van der Waals surface area contributed by atoms with Gasteiger partial charge in [-0.05, 0) is 12.8 Å². The van der Waals surface area contributed by atoms with Gasteiger partial charge >= 0.3 is 0 Å². The second kappa shape index (κ2) is 45.0. The highest BCUT2D eigenvalue weighted by Gasteiger charge is 2.44. The van der Waals surface area contributed by atoms with Crippen LogP contribution >= 0.6 is 0 Å². The van der Waals surface area contributed by atoms with Crippen LogP contribution in [0, 0.1) is 0 Å². The Morgan fingerprint density at radius 2 is 0.794 bits per heavy atom. The van der Waals surface area contributed by atoms with Gasteiger partial charge in [0.2, 0.25) is 5.91 Å². The number of carbonyl (C=O) groups excluding carboxylic acids is 1. The van der Waals surface area contributed by atoms with E-state index in [1.165, 1.54) is 218 Å². The number of unbranched alkanes of at least 4 members (excludes halogenated alkanes) is 38. The Balaban J connectivity index is 2.09. The Labute approximate surface area is 389 Å². The summed E-state index contributed by atoms with van der Waals surface area (Å²) < 4.78 is 11.3. The van der Waals surface area contributed by atoms with E-state index < -0.39 is 49.5 Å². The second-order valence-electron chi connectivity index (χ2n) is 19.7. The van der Waals surface area contributed by atoms with Crippen LogP contribution in [0.4, 0.5) is 0 Å². The van der Waals surface area contributed by atoms with E-state index in [-0.39, 0.29) is 12.5 Å². The summed E-state index contributed by atoms with van der Waals surface area (Å²) in [5.41, 5.74) is 0. The molecule has 0 aromatic carbocycles. The van der Waals surface area contributed by atoms with Crippen LogP contribution < -0.4 is 5.32 Å². The summed E-state index contributed by atoms with van der Waals surface area (Å²) >= 11 is 0. The molecule has 7 unspecified atom stereocenters. The molecule has 1 rings (SSSR count). The number of amides is 1. The summed E-state index contributed by atoms with van der Waals surface area (Å²) in [6.45, 7) is 3.85. The third kappa shape index (κ3) is 35.1. The predicted molar refractivity (Wildman–Crippen MR) is 263 cm³/mol. The highest BCUT2D eigenvalue weighted by atomic mass is 16.7. The fourth-order valence-electron chi connectivity index (χ4n) is 9.28. The quantitative estimate of drug-likeness (QED) is 0.0331. The Kier molecular flexibility index (Phi) is 43.0. The maximum atomic E-state index is 12.9. The molecule has 0 bridgehead atoms. The largest absolute Gasteiger partial charge is 0.394 e. The van der Waals surface area contributed by atoms with Crippen molar-refractivity contribution >= 4 is 5.91 Å². The SMILES string of the molecule is CCCCCCCCCCCCCCCCCCCCCCCCCCCCCCCCC(O)C(COC1OC(CO)C(O)C(O)C1O)NC(=O)CCCCCCCCCCCC. The zero-order valence-corrected chi connectivity index (χ0v) is 41.6. The lowest BCUT2D eigenvalue weighted by Crippen LogP contribution is -2.60. The van der Waals surface area contributed by atoms with Crippen LogP contribution in [0.3, 0.4) is 0 Å². The van der Waals surface area contributed by atoms with E-state index in [0.717, 1.165) is 38.5 Å². The highest BCUT2D eigenvalue weighted by Crippen LogP contribution is 2.23. The van der Waals surface area contributed by atoms with Gasteiger partial charge in [0, 0.05) is 6.42 Å². The van der Waals surface area contributed by atoms with Gasteiger partial charge < -0.3 is 40.3 Å². The molecule has 0 spiro atoms. The van der Waals surface area contributed by atoms with Gasteiger partial charge in [0.05, 0.1) is 25.4 Å². The Morgan fingerprint density at radius 3 is 1.13 bits per heavy atom. The highest BCUT2D eigenvalue weighted by molar-refractivity contribution is 5.76. The molecule has 1 aliphatic rings. The molecule has 1 saturated heterocycles. The Hall–Kier alpha value is -0.810. The van der Waals surface area contributed by atoms with Crippen molar-refractivity contribution in [3.05, 3.63) is 0 Å². The van der Waals surface area contributed by atoms with E-state index >= 15 is 0 Å². The van der Waals surface area contributed by atoms with E-state index in [9.17, 15) is 30.3 Å². The smallest absolute Gasteiger partial charge is 0.220 e. The standard InChI is InChI=1S/C54H107NO8/c1-3-5-7-9-11-13-15-16-17-18-19-20-21-22-23-24-25-26-27-28-29-30-31-32-33-34-35-37-39-41-43-48(57)47(46-62-54-53(61)52(60)51(59)49(45-56)63-54)55-50(58)44-42-40-38-36-14-12-10-8-6-4-2/h47-49,51-54,56-57,59-61H,3-46H2,1-2H3,(H,55,58). The summed E-state index contributed by atoms with van der Waals surface area (Å²) in [6, 6.07) is -0.711. The molecular weight excluding hydrogens is 791 g/mol. The predicted octanol–water partition coefficient (Wildman–Crippen LogP) is 13.1. The monoisotopic (exact) mass is 898 g/mol. The van der Waals surface area contributed by atoms with Crippen molar-refractivity contribution in [2.24, 2.45) is 0 Å². The molecule has 1 heterocycles. The number of rotatable bonds is 48. The lowest BCUT2D eigenvalue weighted by Gasteiger charge is -2.40. The number of aliphatic hydroxyl groups excluding tert-OH is 5. The molecule has 0 aromatic rings. The topological polar surface area (TPSA) is 149 Å². The van der Waals surface area contributed by atoms with Crippen molar-refractivity contribution < 1.29 is 39.8 Å². The third-order valence-electron chi connectivity index (χ3n) is 13.7.